The van der Waals surface area contributed by atoms with Crippen LogP contribution < -0.4 is 4.74 Å². The van der Waals surface area contributed by atoms with Crippen LogP contribution in [0.1, 0.15) is 42.6 Å². The third kappa shape index (κ3) is 3.19. The second-order valence-electron chi connectivity index (χ2n) is 4.74. The van der Waals surface area contributed by atoms with E-state index in [2.05, 4.69) is 24.9 Å². The number of nitrogens with zero attached hydrogens (tertiary/aromatic N) is 1. The molecule has 3 heteroatoms. The van der Waals surface area contributed by atoms with E-state index < -0.39 is 0 Å². The maximum Gasteiger partial charge on any atom is 0.230 e. The molecule has 0 saturated carbocycles. The van der Waals surface area contributed by atoms with E-state index in [9.17, 15) is 4.79 Å². The van der Waals surface area contributed by atoms with Crippen molar-refractivity contribution < 1.29 is 9.53 Å². The first-order valence-corrected chi connectivity index (χ1v) is 6.31. The molecule has 0 amide bonds. The average Bonchev–Trinajstić information content (AvgIpc) is 2.39. The van der Waals surface area contributed by atoms with Crippen LogP contribution in [0.3, 0.4) is 0 Å². The predicted octanol–water partition coefficient (Wildman–Crippen LogP) is 4.20. The van der Waals surface area contributed by atoms with Gasteiger partial charge in [-0.15, -0.1) is 0 Å². The molecule has 0 aliphatic carbocycles. The Bertz CT molecular complexity index is 591. The molecule has 0 unspecified atom stereocenters. The van der Waals surface area contributed by atoms with Crippen molar-refractivity contribution in [2.45, 2.75) is 26.7 Å². The van der Waals surface area contributed by atoms with Crippen molar-refractivity contribution in [3.63, 3.8) is 0 Å². The summed E-state index contributed by atoms with van der Waals surface area (Å²) < 4.78 is 5.73. The third-order valence-electron chi connectivity index (χ3n) is 2.89. The molecule has 0 aliphatic heterocycles. The lowest BCUT2D eigenvalue weighted by molar-refractivity contribution is 0.101. The van der Waals surface area contributed by atoms with Crippen molar-refractivity contribution in [3.8, 4) is 11.6 Å². The molecular formula is C16H17NO2. The molecule has 98 valence electrons. The Hall–Kier alpha value is -2.16. The van der Waals surface area contributed by atoms with Crippen LogP contribution in [-0.4, -0.2) is 10.8 Å². The van der Waals surface area contributed by atoms with E-state index in [0.717, 1.165) is 0 Å². The standard InChI is InChI=1S/C16H17NO2/c1-11(2)13-6-4-7-14(10-13)19-16-15(12(3)18)8-5-9-17-16/h4-11H,1-3H3. The van der Waals surface area contributed by atoms with Gasteiger partial charge in [-0.25, -0.2) is 4.98 Å². The highest BCUT2D eigenvalue weighted by atomic mass is 16.5. The van der Waals surface area contributed by atoms with Gasteiger partial charge in [0.05, 0.1) is 5.56 Å². The number of aromatic nitrogens is 1. The largest absolute Gasteiger partial charge is 0.438 e. The Labute approximate surface area is 113 Å². The number of Topliss-reactive ketones (excluding diaryl/α,β-unsaturated/α-hetero) is 1. The van der Waals surface area contributed by atoms with Crippen LogP contribution in [0, 0.1) is 0 Å². The van der Waals surface area contributed by atoms with Gasteiger partial charge in [0, 0.05) is 6.20 Å². The second kappa shape index (κ2) is 5.65. The molecule has 0 bridgehead atoms. The topological polar surface area (TPSA) is 39.2 Å². The van der Waals surface area contributed by atoms with Crippen molar-refractivity contribution in [1.29, 1.82) is 0 Å². The van der Waals surface area contributed by atoms with E-state index >= 15 is 0 Å². The SMILES string of the molecule is CC(=O)c1cccnc1Oc1cccc(C(C)C)c1. The molecule has 1 heterocycles. The predicted molar refractivity (Wildman–Crippen MR) is 74.8 cm³/mol. The molecular weight excluding hydrogens is 238 g/mol. The van der Waals surface area contributed by atoms with Crippen molar-refractivity contribution in [3.05, 3.63) is 53.7 Å². The Balaban J connectivity index is 2.31. The van der Waals surface area contributed by atoms with Gasteiger partial charge in [0.2, 0.25) is 5.88 Å². The van der Waals surface area contributed by atoms with Gasteiger partial charge >= 0.3 is 0 Å². The summed E-state index contributed by atoms with van der Waals surface area (Å²) in [4.78, 5) is 15.6. The fraction of sp³-hybridized carbons (Fsp3) is 0.250. The summed E-state index contributed by atoms with van der Waals surface area (Å²) in [5.74, 6) is 1.44. The lowest BCUT2D eigenvalue weighted by Gasteiger charge is -2.10. The van der Waals surface area contributed by atoms with Crippen molar-refractivity contribution in [2.24, 2.45) is 0 Å². The van der Waals surface area contributed by atoms with Crippen LogP contribution >= 0.6 is 0 Å². The lowest BCUT2D eigenvalue weighted by atomic mass is 10.0. The molecule has 1 aromatic carbocycles. The molecule has 19 heavy (non-hydrogen) atoms. The van der Waals surface area contributed by atoms with Gasteiger partial charge in [-0.2, -0.15) is 0 Å². The van der Waals surface area contributed by atoms with Gasteiger partial charge < -0.3 is 4.74 Å². The molecule has 1 aromatic heterocycles. The first-order valence-electron chi connectivity index (χ1n) is 6.31. The minimum Gasteiger partial charge on any atom is -0.438 e. The van der Waals surface area contributed by atoms with Crippen LogP contribution in [0.15, 0.2) is 42.6 Å². The Morgan fingerprint density at radius 2 is 2.00 bits per heavy atom. The summed E-state index contributed by atoms with van der Waals surface area (Å²) in [6.45, 7) is 5.76. The van der Waals surface area contributed by atoms with Gasteiger partial charge in [0.15, 0.2) is 5.78 Å². The Kier molecular flexibility index (Phi) is 3.95. The maximum atomic E-state index is 11.5. The lowest BCUT2D eigenvalue weighted by Crippen LogP contribution is -1.99. The normalized spacial score (nSPS) is 10.5. The number of hydrogen-bond acceptors (Lipinski definition) is 3. The molecule has 0 atom stereocenters. The molecule has 2 rings (SSSR count). The zero-order valence-corrected chi connectivity index (χ0v) is 11.4. The van der Waals surface area contributed by atoms with Gasteiger partial charge in [0.25, 0.3) is 0 Å². The fourth-order valence-electron chi connectivity index (χ4n) is 1.79. The third-order valence-corrected chi connectivity index (χ3v) is 2.89. The number of carbonyl (C=O) groups excluding carboxylic acids is 1. The zero-order valence-electron chi connectivity index (χ0n) is 11.4. The highest BCUT2D eigenvalue weighted by molar-refractivity contribution is 5.96. The highest BCUT2D eigenvalue weighted by Crippen LogP contribution is 2.26. The molecule has 2 aromatic rings. The van der Waals surface area contributed by atoms with Gasteiger partial charge in [-0.3, -0.25) is 4.79 Å². The van der Waals surface area contributed by atoms with Crippen LogP contribution in [0.2, 0.25) is 0 Å². The van der Waals surface area contributed by atoms with Crippen molar-refractivity contribution in [2.75, 3.05) is 0 Å². The van der Waals surface area contributed by atoms with E-state index in [1.54, 1.807) is 18.3 Å². The van der Waals surface area contributed by atoms with Crippen molar-refractivity contribution in [1.82, 2.24) is 4.98 Å². The molecule has 3 nitrogen and oxygen atoms in total. The van der Waals surface area contributed by atoms with Crippen LogP contribution in [0.25, 0.3) is 0 Å². The van der Waals surface area contributed by atoms with Crippen LogP contribution in [-0.2, 0) is 0 Å². The average molecular weight is 255 g/mol. The highest BCUT2D eigenvalue weighted by Gasteiger charge is 2.10. The number of pyridine rings is 1. The minimum absolute atomic E-state index is 0.0527. The summed E-state index contributed by atoms with van der Waals surface area (Å²) in [5, 5.41) is 0. The van der Waals surface area contributed by atoms with E-state index in [4.69, 9.17) is 4.74 Å². The van der Waals surface area contributed by atoms with Crippen LogP contribution in [0.4, 0.5) is 0 Å². The minimum atomic E-state index is -0.0527. The molecule has 0 N–H and O–H groups in total. The van der Waals surface area contributed by atoms with Gasteiger partial charge in [-0.05, 0) is 42.7 Å². The maximum absolute atomic E-state index is 11.5. The number of hydrogen-bond donors (Lipinski definition) is 0. The smallest absolute Gasteiger partial charge is 0.230 e. The van der Waals surface area contributed by atoms with Crippen LogP contribution in [0.5, 0.6) is 11.6 Å². The molecule has 0 fully saturated rings. The summed E-state index contributed by atoms with van der Waals surface area (Å²) in [5.41, 5.74) is 1.69. The van der Waals surface area contributed by atoms with Gasteiger partial charge in [-0.1, -0.05) is 26.0 Å². The molecule has 0 saturated heterocycles. The van der Waals surface area contributed by atoms with E-state index in [1.807, 2.05) is 18.2 Å². The second-order valence-corrected chi connectivity index (χ2v) is 4.74. The number of rotatable bonds is 4. The van der Waals surface area contributed by atoms with E-state index in [-0.39, 0.29) is 5.78 Å². The first-order chi connectivity index (χ1) is 9.08. The molecule has 0 spiro atoms. The number of ether oxygens (including phenoxy) is 1. The first kappa shape index (κ1) is 13.3. The zero-order chi connectivity index (χ0) is 13.8. The summed E-state index contributed by atoms with van der Waals surface area (Å²) in [6, 6.07) is 11.3. The molecule has 0 radical (unpaired) electrons. The monoisotopic (exact) mass is 255 g/mol. The summed E-state index contributed by atoms with van der Waals surface area (Å²) in [6.07, 6.45) is 1.62. The molecule has 0 aliphatic rings. The van der Waals surface area contributed by atoms with E-state index in [1.165, 1.54) is 12.5 Å². The summed E-state index contributed by atoms with van der Waals surface area (Å²) in [7, 11) is 0. The Morgan fingerprint density at radius 1 is 1.21 bits per heavy atom. The van der Waals surface area contributed by atoms with Gasteiger partial charge in [0.1, 0.15) is 5.75 Å². The van der Waals surface area contributed by atoms with E-state index in [0.29, 0.717) is 23.1 Å². The Morgan fingerprint density at radius 3 is 2.68 bits per heavy atom. The summed E-state index contributed by atoms with van der Waals surface area (Å²) >= 11 is 0. The fourth-order valence-corrected chi connectivity index (χ4v) is 1.79. The van der Waals surface area contributed by atoms with Crippen molar-refractivity contribution >= 4 is 5.78 Å². The number of carbonyl (C=O) groups is 1. The number of benzene rings is 1. The quantitative estimate of drug-likeness (QED) is 0.768. The number of ketones is 1.